The Morgan fingerprint density at radius 3 is 2.58 bits per heavy atom. The van der Waals surface area contributed by atoms with Crippen molar-refractivity contribution in [3.05, 3.63) is 52.7 Å². The van der Waals surface area contributed by atoms with E-state index in [9.17, 15) is 4.79 Å². The van der Waals surface area contributed by atoms with E-state index in [2.05, 4.69) is 20.7 Å². The van der Waals surface area contributed by atoms with Crippen LogP contribution in [0.5, 0.6) is 0 Å². The van der Waals surface area contributed by atoms with Gasteiger partial charge in [0.25, 0.3) is 5.91 Å². The summed E-state index contributed by atoms with van der Waals surface area (Å²) in [6.07, 6.45) is 1.90. The number of benzene rings is 1. The SMILES string of the molecule is Cc1ccc(NNC(=O)c2ccc(N3C[C@H](C)O[C@@H](C)C3)nc2)cc1Cl. The number of morpholine rings is 1. The zero-order chi connectivity index (χ0) is 18.7. The molecule has 0 bridgehead atoms. The zero-order valence-electron chi connectivity index (χ0n) is 15.1. The molecule has 1 aliphatic rings. The number of hydrazine groups is 1. The minimum absolute atomic E-state index is 0.161. The maximum absolute atomic E-state index is 12.3. The standard InChI is InChI=1S/C19H23ClN4O2/c1-12-4-6-16(8-17(12)20)22-23-19(25)15-5-7-18(21-9-15)24-10-13(2)26-14(3)11-24/h4-9,13-14,22H,10-11H2,1-3H3,(H,23,25)/t13-,14-/m0/s1. The van der Waals surface area contributed by atoms with Gasteiger partial charge < -0.3 is 9.64 Å². The third-order valence-corrected chi connectivity index (χ3v) is 4.65. The van der Waals surface area contributed by atoms with Crippen LogP contribution in [0, 0.1) is 6.92 Å². The number of amides is 1. The van der Waals surface area contributed by atoms with Crippen molar-refractivity contribution in [3.8, 4) is 0 Å². The third-order valence-electron chi connectivity index (χ3n) is 4.25. The van der Waals surface area contributed by atoms with E-state index in [4.69, 9.17) is 16.3 Å². The molecule has 1 aliphatic heterocycles. The molecule has 0 aliphatic carbocycles. The second-order valence-electron chi connectivity index (χ2n) is 6.61. The molecule has 26 heavy (non-hydrogen) atoms. The number of carbonyl (C=O) groups is 1. The van der Waals surface area contributed by atoms with Crippen LogP contribution < -0.4 is 15.8 Å². The first-order valence-electron chi connectivity index (χ1n) is 8.61. The summed E-state index contributed by atoms with van der Waals surface area (Å²) in [6, 6.07) is 9.13. The molecule has 2 heterocycles. The summed E-state index contributed by atoms with van der Waals surface area (Å²) in [5.41, 5.74) is 7.70. The molecule has 0 radical (unpaired) electrons. The fourth-order valence-electron chi connectivity index (χ4n) is 2.94. The average Bonchev–Trinajstić information content (AvgIpc) is 2.62. The lowest BCUT2D eigenvalue weighted by Gasteiger charge is -2.36. The highest BCUT2D eigenvalue weighted by Gasteiger charge is 2.23. The van der Waals surface area contributed by atoms with E-state index >= 15 is 0 Å². The van der Waals surface area contributed by atoms with Gasteiger partial charge in [-0.3, -0.25) is 15.6 Å². The maximum atomic E-state index is 12.3. The highest BCUT2D eigenvalue weighted by molar-refractivity contribution is 6.31. The average molecular weight is 375 g/mol. The van der Waals surface area contributed by atoms with Crippen LogP contribution in [0.4, 0.5) is 11.5 Å². The monoisotopic (exact) mass is 374 g/mol. The van der Waals surface area contributed by atoms with Gasteiger partial charge in [0, 0.05) is 24.3 Å². The summed E-state index contributed by atoms with van der Waals surface area (Å²) in [7, 11) is 0. The van der Waals surface area contributed by atoms with E-state index in [1.807, 2.05) is 39.0 Å². The van der Waals surface area contributed by atoms with Gasteiger partial charge >= 0.3 is 0 Å². The van der Waals surface area contributed by atoms with Crippen molar-refractivity contribution in [1.29, 1.82) is 0 Å². The van der Waals surface area contributed by atoms with Gasteiger partial charge in [-0.25, -0.2) is 4.98 Å². The summed E-state index contributed by atoms with van der Waals surface area (Å²) in [5.74, 6) is 0.589. The maximum Gasteiger partial charge on any atom is 0.271 e. The number of rotatable bonds is 4. The molecule has 138 valence electrons. The minimum Gasteiger partial charge on any atom is -0.372 e. The summed E-state index contributed by atoms with van der Waals surface area (Å²) in [5, 5.41) is 0.643. The highest BCUT2D eigenvalue weighted by atomic mass is 35.5. The van der Waals surface area contributed by atoms with E-state index in [0.717, 1.165) is 30.2 Å². The number of hydrogen-bond donors (Lipinski definition) is 2. The van der Waals surface area contributed by atoms with Crippen molar-refractivity contribution in [2.45, 2.75) is 33.0 Å². The Kier molecular flexibility index (Phi) is 5.64. The Balaban J connectivity index is 1.60. The van der Waals surface area contributed by atoms with Crippen LogP contribution in [0.15, 0.2) is 36.5 Å². The van der Waals surface area contributed by atoms with Gasteiger partial charge in [-0.2, -0.15) is 0 Å². The molecule has 1 amide bonds. The molecule has 0 saturated carbocycles. The topological polar surface area (TPSA) is 66.5 Å². The van der Waals surface area contributed by atoms with E-state index in [-0.39, 0.29) is 18.1 Å². The van der Waals surface area contributed by atoms with Crippen molar-refractivity contribution in [2.75, 3.05) is 23.4 Å². The van der Waals surface area contributed by atoms with Crippen LogP contribution >= 0.6 is 11.6 Å². The summed E-state index contributed by atoms with van der Waals surface area (Å²) >= 11 is 6.08. The van der Waals surface area contributed by atoms with E-state index in [0.29, 0.717) is 10.6 Å². The fraction of sp³-hybridized carbons (Fsp3) is 0.368. The Morgan fingerprint density at radius 2 is 1.96 bits per heavy atom. The number of halogens is 1. The predicted octanol–water partition coefficient (Wildman–Crippen LogP) is 3.41. The molecule has 7 heteroatoms. The van der Waals surface area contributed by atoms with Crippen molar-refractivity contribution < 1.29 is 9.53 Å². The van der Waals surface area contributed by atoms with Crippen LogP contribution in [0.3, 0.4) is 0 Å². The lowest BCUT2D eigenvalue weighted by atomic mass is 10.2. The summed E-state index contributed by atoms with van der Waals surface area (Å²) in [4.78, 5) is 18.9. The molecular formula is C19H23ClN4O2. The minimum atomic E-state index is -0.260. The van der Waals surface area contributed by atoms with Crippen molar-refractivity contribution >= 4 is 29.0 Å². The van der Waals surface area contributed by atoms with E-state index in [1.54, 1.807) is 18.3 Å². The lowest BCUT2D eigenvalue weighted by molar-refractivity contribution is -0.00546. The Bertz CT molecular complexity index is 772. The first-order valence-corrected chi connectivity index (χ1v) is 8.99. The van der Waals surface area contributed by atoms with Gasteiger partial charge in [-0.05, 0) is 50.6 Å². The summed E-state index contributed by atoms with van der Waals surface area (Å²) in [6.45, 7) is 7.60. The molecular weight excluding hydrogens is 352 g/mol. The first-order chi connectivity index (χ1) is 12.4. The van der Waals surface area contributed by atoms with Gasteiger partial charge in [0.2, 0.25) is 0 Å². The van der Waals surface area contributed by atoms with Gasteiger partial charge in [0.1, 0.15) is 5.82 Å². The van der Waals surface area contributed by atoms with Crippen LogP contribution in [0.1, 0.15) is 29.8 Å². The van der Waals surface area contributed by atoms with Crippen LogP contribution in [0.2, 0.25) is 5.02 Å². The lowest BCUT2D eigenvalue weighted by Crippen LogP contribution is -2.45. The molecule has 2 N–H and O–H groups in total. The number of ether oxygens (including phenoxy) is 1. The molecule has 1 aromatic carbocycles. The number of carbonyl (C=O) groups excluding carboxylic acids is 1. The van der Waals surface area contributed by atoms with Crippen LogP contribution in [-0.4, -0.2) is 36.2 Å². The number of nitrogens with zero attached hydrogens (tertiary/aromatic N) is 2. The quantitative estimate of drug-likeness (QED) is 0.803. The molecule has 1 aromatic heterocycles. The van der Waals surface area contributed by atoms with Crippen molar-refractivity contribution in [2.24, 2.45) is 0 Å². The number of aromatic nitrogens is 1. The molecule has 2 aromatic rings. The van der Waals surface area contributed by atoms with Crippen LogP contribution in [-0.2, 0) is 4.74 Å². The van der Waals surface area contributed by atoms with Crippen molar-refractivity contribution in [1.82, 2.24) is 10.4 Å². The Morgan fingerprint density at radius 1 is 1.23 bits per heavy atom. The molecule has 0 spiro atoms. The fourth-order valence-corrected chi connectivity index (χ4v) is 3.12. The van der Waals surface area contributed by atoms with Gasteiger partial charge in [0.15, 0.2) is 0 Å². The van der Waals surface area contributed by atoms with E-state index < -0.39 is 0 Å². The first kappa shape index (κ1) is 18.5. The molecule has 0 unspecified atom stereocenters. The highest BCUT2D eigenvalue weighted by Crippen LogP contribution is 2.20. The van der Waals surface area contributed by atoms with E-state index in [1.165, 1.54) is 0 Å². The van der Waals surface area contributed by atoms with Crippen LogP contribution in [0.25, 0.3) is 0 Å². The largest absolute Gasteiger partial charge is 0.372 e. The molecule has 1 saturated heterocycles. The molecule has 6 nitrogen and oxygen atoms in total. The second kappa shape index (κ2) is 7.93. The second-order valence-corrected chi connectivity index (χ2v) is 7.02. The van der Waals surface area contributed by atoms with Crippen molar-refractivity contribution in [3.63, 3.8) is 0 Å². The molecule has 1 fully saturated rings. The summed E-state index contributed by atoms with van der Waals surface area (Å²) < 4.78 is 5.74. The van der Waals surface area contributed by atoms with Gasteiger partial charge in [0.05, 0.1) is 23.5 Å². The predicted molar refractivity (Wildman–Crippen MR) is 104 cm³/mol. The number of anilines is 2. The number of pyridine rings is 1. The Labute approximate surface area is 158 Å². The zero-order valence-corrected chi connectivity index (χ0v) is 15.9. The van der Waals surface area contributed by atoms with Gasteiger partial charge in [-0.1, -0.05) is 17.7 Å². The molecule has 3 rings (SSSR count). The van der Waals surface area contributed by atoms with Gasteiger partial charge in [-0.15, -0.1) is 0 Å². The number of hydrogen-bond acceptors (Lipinski definition) is 5. The third kappa shape index (κ3) is 4.45. The smallest absolute Gasteiger partial charge is 0.271 e. The molecule has 2 atom stereocenters. The number of nitrogens with one attached hydrogen (secondary N) is 2. The Hall–Kier alpha value is -2.31. The number of aryl methyl sites for hydroxylation is 1. The normalized spacial score (nSPS) is 19.9.